The highest BCUT2D eigenvalue weighted by Crippen LogP contribution is 2.34. The molecule has 0 bridgehead atoms. The average Bonchev–Trinajstić information content (AvgIpc) is 2.93. The molecule has 0 unspecified atom stereocenters. The molecule has 1 aromatic heterocycles. The van der Waals surface area contributed by atoms with Crippen molar-refractivity contribution in [3.63, 3.8) is 0 Å². The minimum Gasteiger partial charge on any atom is -0.361 e. The van der Waals surface area contributed by atoms with Gasteiger partial charge in [-0.2, -0.15) is 0 Å². The standard InChI is InChI=1S/C18H24N2O/c1-18(2,3)15-7-10-20(11-8-15)17(21)14-5-4-13-6-9-19-16(13)12-14/h4-6,9,12,15,19H,7-8,10-11H2,1-3H3. The van der Waals surface area contributed by atoms with Gasteiger partial charge in [0, 0.05) is 30.4 Å². The zero-order chi connectivity index (χ0) is 15.0. The van der Waals surface area contributed by atoms with E-state index in [4.69, 9.17) is 0 Å². The number of hydrogen-bond donors (Lipinski definition) is 1. The maximum atomic E-state index is 12.6. The molecular weight excluding hydrogens is 260 g/mol. The number of likely N-dealkylation sites (tertiary alicyclic amines) is 1. The third-order valence-electron chi connectivity index (χ3n) is 4.81. The number of piperidine rings is 1. The monoisotopic (exact) mass is 284 g/mol. The Morgan fingerprint density at radius 3 is 2.57 bits per heavy atom. The number of rotatable bonds is 1. The summed E-state index contributed by atoms with van der Waals surface area (Å²) in [6, 6.07) is 7.95. The molecule has 1 amide bonds. The van der Waals surface area contributed by atoms with Crippen LogP contribution in [0.3, 0.4) is 0 Å². The molecule has 1 saturated heterocycles. The summed E-state index contributed by atoms with van der Waals surface area (Å²) in [6.45, 7) is 8.66. The largest absolute Gasteiger partial charge is 0.361 e. The van der Waals surface area contributed by atoms with E-state index in [1.165, 1.54) is 0 Å². The summed E-state index contributed by atoms with van der Waals surface area (Å²) < 4.78 is 0. The van der Waals surface area contributed by atoms with Crippen LogP contribution in [0.5, 0.6) is 0 Å². The van der Waals surface area contributed by atoms with Crippen molar-refractivity contribution >= 4 is 16.8 Å². The molecule has 0 spiro atoms. The zero-order valence-corrected chi connectivity index (χ0v) is 13.1. The van der Waals surface area contributed by atoms with Crippen LogP contribution in [0.25, 0.3) is 10.9 Å². The van der Waals surface area contributed by atoms with Crippen LogP contribution < -0.4 is 0 Å². The van der Waals surface area contributed by atoms with Gasteiger partial charge in [0.15, 0.2) is 0 Å². The highest BCUT2D eigenvalue weighted by molar-refractivity contribution is 5.97. The summed E-state index contributed by atoms with van der Waals surface area (Å²) in [5, 5.41) is 1.15. The van der Waals surface area contributed by atoms with E-state index in [1.807, 2.05) is 35.4 Å². The summed E-state index contributed by atoms with van der Waals surface area (Å²) in [5.74, 6) is 0.881. The SMILES string of the molecule is CC(C)(C)C1CCN(C(=O)c2ccc3cc[nH]c3c2)CC1. The van der Waals surface area contributed by atoms with Crippen molar-refractivity contribution in [1.82, 2.24) is 9.88 Å². The van der Waals surface area contributed by atoms with Crippen LogP contribution in [-0.4, -0.2) is 28.9 Å². The molecule has 0 saturated carbocycles. The predicted octanol–water partition coefficient (Wildman–Crippen LogP) is 4.07. The minimum absolute atomic E-state index is 0.166. The number of aromatic amines is 1. The highest BCUT2D eigenvalue weighted by atomic mass is 16.2. The third kappa shape index (κ3) is 2.82. The highest BCUT2D eigenvalue weighted by Gasteiger charge is 2.30. The lowest BCUT2D eigenvalue weighted by Crippen LogP contribution is -2.41. The normalized spacial score (nSPS) is 17.4. The van der Waals surface area contributed by atoms with Gasteiger partial charge >= 0.3 is 0 Å². The average molecular weight is 284 g/mol. The van der Waals surface area contributed by atoms with Gasteiger partial charge in [-0.1, -0.05) is 26.8 Å². The number of benzene rings is 1. The maximum absolute atomic E-state index is 12.6. The number of carbonyl (C=O) groups excluding carboxylic acids is 1. The van der Waals surface area contributed by atoms with Crippen LogP contribution in [0.1, 0.15) is 44.0 Å². The van der Waals surface area contributed by atoms with Gasteiger partial charge in [-0.25, -0.2) is 0 Å². The van der Waals surface area contributed by atoms with Gasteiger partial charge < -0.3 is 9.88 Å². The quantitative estimate of drug-likeness (QED) is 0.842. The van der Waals surface area contributed by atoms with Crippen molar-refractivity contribution in [2.45, 2.75) is 33.6 Å². The van der Waals surface area contributed by atoms with Gasteiger partial charge in [0.25, 0.3) is 5.91 Å². The second kappa shape index (κ2) is 5.21. The van der Waals surface area contributed by atoms with Crippen LogP contribution >= 0.6 is 0 Å². The molecule has 1 aliphatic rings. The molecule has 2 heterocycles. The Hall–Kier alpha value is -1.77. The van der Waals surface area contributed by atoms with E-state index in [0.717, 1.165) is 42.4 Å². The number of H-pyrrole nitrogens is 1. The molecule has 1 aliphatic heterocycles. The Labute approximate surface area is 126 Å². The van der Waals surface area contributed by atoms with E-state index in [9.17, 15) is 4.79 Å². The molecule has 0 atom stereocenters. The minimum atomic E-state index is 0.166. The molecule has 1 fully saturated rings. The number of nitrogens with zero attached hydrogens (tertiary/aromatic N) is 1. The van der Waals surface area contributed by atoms with Gasteiger partial charge in [-0.3, -0.25) is 4.79 Å². The van der Waals surface area contributed by atoms with Crippen molar-refractivity contribution in [2.24, 2.45) is 11.3 Å². The molecular formula is C18H24N2O. The molecule has 0 radical (unpaired) electrons. The van der Waals surface area contributed by atoms with E-state index in [1.54, 1.807) is 0 Å². The van der Waals surface area contributed by atoms with E-state index in [-0.39, 0.29) is 5.91 Å². The maximum Gasteiger partial charge on any atom is 0.253 e. The fourth-order valence-electron chi connectivity index (χ4n) is 3.31. The van der Waals surface area contributed by atoms with E-state index in [2.05, 4.69) is 25.8 Å². The Morgan fingerprint density at radius 2 is 1.90 bits per heavy atom. The summed E-state index contributed by atoms with van der Waals surface area (Å²) in [4.78, 5) is 17.8. The number of amides is 1. The first-order valence-electron chi connectivity index (χ1n) is 7.81. The van der Waals surface area contributed by atoms with Crippen molar-refractivity contribution < 1.29 is 4.79 Å². The Bertz CT molecular complexity index is 643. The van der Waals surface area contributed by atoms with Gasteiger partial charge in [0.1, 0.15) is 0 Å². The van der Waals surface area contributed by atoms with E-state index in [0.29, 0.717) is 11.3 Å². The summed E-state index contributed by atoms with van der Waals surface area (Å²) in [5.41, 5.74) is 2.17. The Kier molecular flexibility index (Phi) is 3.52. The number of fused-ring (bicyclic) bond motifs is 1. The third-order valence-corrected chi connectivity index (χ3v) is 4.81. The molecule has 3 heteroatoms. The van der Waals surface area contributed by atoms with Crippen molar-refractivity contribution in [3.05, 3.63) is 36.0 Å². The van der Waals surface area contributed by atoms with Crippen LogP contribution in [0, 0.1) is 11.3 Å². The fourth-order valence-corrected chi connectivity index (χ4v) is 3.31. The first-order valence-corrected chi connectivity index (χ1v) is 7.81. The fraction of sp³-hybridized carbons (Fsp3) is 0.500. The number of hydrogen-bond acceptors (Lipinski definition) is 1. The first kappa shape index (κ1) is 14.2. The van der Waals surface area contributed by atoms with E-state index >= 15 is 0 Å². The molecule has 112 valence electrons. The predicted molar refractivity (Wildman–Crippen MR) is 86.4 cm³/mol. The molecule has 1 N–H and O–H groups in total. The zero-order valence-electron chi connectivity index (χ0n) is 13.1. The number of nitrogens with one attached hydrogen (secondary N) is 1. The van der Waals surface area contributed by atoms with Gasteiger partial charge in [0.05, 0.1) is 0 Å². The Morgan fingerprint density at radius 1 is 1.19 bits per heavy atom. The molecule has 21 heavy (non-hydrogen) atoms. The van der Waals surface area contributed by atoms with Gasteiger partial charge in [0.2, 0.25) is 0 Å². The van der Waals surface area contributed by atoms with Crippen molar-refractivity contribution in [2.75, 3.05) is 13.1 Å². The van der Waals surface area contributed by atoms with Crippen LogP contribution in [0.2, 0.25) is 0 Å². The molecule has 1 aromatic carbocycles. The summed E-state index contributed by atoms with van der Waals surface area (Å²) in [7, 11) is 0. The molecule has 3 rings (SSSR count). The molecule has 3 nitrogen and oxygen atoms in total. The van der Waals surface area contributed by atoms with Crippen LogP contribution in [0.15, 0.2) is 30.5 Å². The second-order valence-corrected chi connectivity index (χ2v) is 7.21. The van der Waals surface area contributed by atoms with Gasteiger partial charge in [-0.05, 0) is 47.8 Å². The van der Waals surface area contributed by atoms with Gasteiger partial charge in [-0.15, -0.1) is 0 Å². The molecule has 0 aliphatic carbocycles. The van der Waals surface area contributed by atoms with Crippen LogP contribution in [0.4, 0.5) is 0 Å². The lowest BCUT2D eigenvalue weighted by Gasteiger charge is -2.38. The van der Waals surface area contributed by atoms with Crippen molar-refractivity contribution in [1.29, 1.82) is 0 Å². The lowest BCUT2D eigenvalue weighted by atomic mass is 9.75. The number of aromatic nitrogens is 1. The Balaban J connectivity index is 1.71. The van der Waals surface area contributed by atoms with Crippen LogP contribution in [-0.2, 0) is 0 Å². The first-order chi connectivity index (χ1) is 9.95. The summed E-state index contributed by atoms with van der Waals surface area (Å²) >= 11 is 0. The second-order valence-electron chi connectivity index (χ2n) is 7.21. The van der Waals surface area contributed by atoms with E-state index < -0.39 is 0 Å². The summed E-state index contributed by atoms with van der Waals surface area (Å²) in [6.07, 6.45) is 4.13. The topological polar surface area (TPSA) is 36.1 Å². The molecule has 2 aromatic rings. The number of carbonyl (C=O) groups is 1. The lowest BCUT2D eigenvalue weighted by molar-refractivity contribution is 0.0609. The smallest absolute Gasteiger partial charge is 0.253 e. The van der Waals surface area contributed by atoms with Crippen molar-refractivity contribution in [3.8, 4) is 0 Å².